The predicted molar refractivity (Wildman–Crippen MR) is 323 cm³/mol. The highest BCUT2D eigenvalue weighted by Crippen LogP contribution is 2.30. The summed E-state index contributed by atoms with van der Waals surface area (Å²) in [6.07, 6.45) is 46.3. The zero-order chi connectivity index (χ0) is 58.1. The first-order chi connectivity index (χ1) is 39.1. The quantitative estimate of drug-likeness (QED) is 0.0204. The second-order valence-corrected chi connectivity index (χ2v) is 24.3. The molecule has 14 nitrogen and oxygen atoms in total. The summed E-state index contributed by atoms with van der Waals surface area (Å²) in [4.78, 5) is 13.2. The summed E-state index contributed by atoms with van der Waals surface area (Å²) in [6.45, 7) is 2.78. The van der Waals surface area contributed by atoms with E-state index in [2.05, 4.69) is 19.2 Å². The number of amides is 1. The van der Waals surface area contributed by atoms with Gasteiger partial charge in [-0.3, -0.25) is 4.79 Å². The maximum absolute atomic E-state index is 13.2. The summed E-state index contributed by atoms with van der Waals surface area (Å²) >= 11 is 0. The van der Waals surface area contributed by atoms with Crippen molar-refractivity contribution >= 4 is 5.91 Å². The summed E-state index contributed by atoms with van der Waals surface area (Å²) in [5, 5.41) is 86.8. The van der Waals surface area contributed by atoms with Gasteiger partial charge in [-0.15, -0.1) is 0 Å². The summed E-state index contributed by atoms with van der Waals surface area (Å²) in [6, 6.07) is -0.908. The van der Waals surface area contributed by atoms with Crippen LogP contribution >= 0.6 is 0 Å². The Balaban J connectivity index is 1.49. The lowest BCUT2D eigenvalue weighted by Gasteiger charge is -2.46. The van der Waals surface area contributed by atoms with Crippen LogP contribution in [-0.2, 0) is 23.7 Å². The van der Waals surface area contributed by atoms with Gasteiger partial charge >= 0.3 is 0 Å². The number of carbonyl (C=O) groups is 1. The smallest absolute Gasteiger partial charge is 0.220 e. The number of hydrogen-bond donors (Lipinski definition) is 9. The van der Waals surface area contributed by atoms with Crippen LogP contribution in [0.2, 0.25) is 0 Å². The Labute approximate surface area is 488 Å². The highest BCUT2D eigenvalue weighted by atomic mass is 16.7. The molecule has 0 radical (unpaired) electrons. The lowest BCUT2D eigenvalue weighted by Crippen LogP contribution is -2.65. The van der Waals surface area contributed by atoms with Crippen molar-refractivity contribution in [2.24, 2.45) is 0 Å². The molecule has 0 aromatic carbocycles. The SMILES string of the molecule is CCCCCCCC/C=C/C(O)C(COC1OC(CO)C(OC2OC(CO)C(O)C(O)C2O)C(O)C1O)NC(=O)CCCCCCCCCCCCCCCCCCCCCCCCCCCCCCCCCCCCCCCC. The van der Waals surface area contributed by atoms with E-state index in [1.54, 1.807) is 6.08 Å². The highest BCUT2D eigenvalue weighted by Gasteiger charge is 2.51. The zero-order valence-corrected chi connectivity index (χ0v) is 51.4. The van der Waals surface area contributed by atoms with Gasteiger partial charge in [-0.1, -0.05) is 296 Å². The summed E-state index contributed by atoms with van der Waals surface area (Å²) in [7, 11) is 0. The van der Waals surface area contributed by atoms with Gasteiger partial charge in [-0.25, -0.2) is 0 Å². The van der Waals surface area contributed by atoms with Crippen LogP contribution in [0.1, 0.15) is 309 Å². The van der Waals surface area contributed by atoms with Gasteiger partial charge < -0.3 is 65.1 Å². The molecular weight excluding hydrogens is 1010 g/mol. The van der Waals surface area contributed by atoms with Crippen LogP contribution < -0.4 is 5.32 Å². The average molecular weight is 1140 g/mol. The Morgan fingerprint density at radius 1 is 0.438 bits per heavy atom. The topological polar surface area (TPSA) is 228 Å². The normalized spacial score (nSPS) is 24.2. The number of rotatable bonds is 56. The van der Waals surface area contributed by atoms with E-state index in [1.165, 1.54) is 238 Å². The number of carbonyl (C=O) groups excluding carboxylic acids is 1. The van der Waals surface area contributed by atoms with Crippen molar-refractivity contribution in [2.75, 3.05) is 19.8 Å². The second kappa shape index (κ2) is 52.1. The molecule has 2 aliphatic rings. The van der Waals surface area contributed by atoms with E-state index >= 15 is 0 Å². The van der Waals surface area contributed by atoms with E-state index < -0.39 is 86.8 Å². The van der Waals surface area contributed by atoms with Crippen molar-refractivity contribution < 1.29 is 64.6 Å². The highest BCUT2D eigenvalue weighted by molar-refractivity contribution is 5.76. The zero-order valence-electron chi connectivity index (χ0n) is 51.4. The average Bonchev–Trinajstić information content (AvgIpc) is 3.49. The van der Waals surface area contributed by atoms with Gasteiger partial charge in [0.15, 0.2) is 12.6 Å². The third-order valence-electron chi connectivity index (χ3n) is 17.0. The molecule has 0 spiro atoms. The number of ether oxygens (including phenoxy) is 4. The van der Waals surface area contributed by atoms with Crippen LogP contribution in [0.4, 0.5) is 0 Å². The van der Waals surface area contributed by atoms with Crippen LogP contribution in [0.5, 0.6) is 0 Å². The molecule has 0 aromatic rings. The molecule has 9 N–H and O–H groups in total. The van der Waals surface area contributed by atoms with E-state index in [0.29, 0.717) is 6.42 Å². The molecule has 12 unspecified atom stereocenters. The standard InChI is InChI=1S/C66H127NO13/c1-3-5-7-9-11-13-14-15-16-17-18-19-20-21-22-23-24-25-26-27-28-29-30-31-32-33-34-35-36-37-38-39-40-41-42-44-46-48-50-58(71)67-54(55(70)49-47-45-43-12-10-8-6-4-2)53-77-65-63(76)61(74)64(57(52-69)79-65)80-66-62(75)60(73)59(72)56(51-68)78-66/h47,49,54-57,59-66,68-70,72-76H,3-46,48,50-53H2,1-2H3,(H,67,71)/b49-47+. The molecule has 0 saturated carbocycles. The van der Waals surface area contributed by atoms with Crippen molar-refractivity contribution in [2.45, 2.75) is 383 Å². The monoisotopic (exact) mass is 1140 g/mol. The molecule has 0 aromatic heterocycles. The van der Waals surface area contributed by atoms with Gasteiger partial charge in [0, 0.05) is 6.42 Å². The molecule has 474 valence electrons. The predicted octanol–water partition coefficient (Wildman–Crippen LogP) is 13.0. The van der Waals surface area contributed by atoms with Crippen molar-refractivity contribution in [1.82, 2.24) is 5.32 Å². The minimum absolute atomic E-state index is 0.236. The van der Waals surface area contributed by atoms with Crippen LogP contribution in [0.25, 0.3) is 0 Å². The molecule has 2 aliphatic heterocycles. The van der Waals surface area contributed by atoms with Gasteiger partial charge in [0.2, 0.25) is 5.91 Å². The van der Waals surface area contributed by atoms with Gasteiger partial charge in [0.1, 0.15) is 48.8 Å². The lowest BCUT2D eigenvalue weighted by atomic mass is 9.97. The molecular formula is C66H127NO13. The molecule has 2 heterocycles. The maximum Gasteiger partial charge on any atom is 0.220 e. The molecule has 12 atom stereocenters. The Kier molecular flexibility index (Phi) is 48.7. The first kappa shape index (κ1) is 74.8. The molecule has 2 saturated heterocycles. The fourth-order valence-electron chi connectivity index (χ4n) is 11.5. The third-order valence-corrected chi connectivity index (χ3v) is 17.0. The van der Waals surface area contributed by atoms with E-state index in [-0.39, 0.29) is 18.9 Å². The molecule has 1 amide bonds. The largest absolute Gasteiger partial charge is 0.394 e. The van der Waals surface area contributed by atoms with Gasteiger partial charge in [0.25, 0.3) is 0 Å². The molecule has 2 fully saturated rings. The van der Waals surface area contributed by atoms with Crippen molar-refractivity contribution in [3.05, 3.63) is 12.2 Å². The molecule has 0 bridgehead atoms. The van der Waals surface area contributed by atoms with Crippen molar-refractivity contribution in [1.29, 1.82) is 0 Å². The van der Waals surface area contributed by atoms with E-state index in [1.807, 2.05) is 6.08 Å². The van der Waals surface area contributed by atoms with Crippen molar-refractivity contribution in [3.8, 4) is 0 Å². The number of hydrogen-bond acceptors (Lipinski definition) is 13. The molecule has 0 aliphatic carbocycles. The van der Waals surface area contributed by atoms with Crippen LogP contribution in [-0.4, -0.2) is 140 Å². The lowest BCUT2D eigenvalue weighted by molar-refractivity contribution is -0.359. The van der Waals surface area contributed by atoms with E-state index in [0.717, 1.165) is 44.9 Å². The number of aliphatic hydroxyl groups is 8. The van der Waals surface area contributed by atoms with Gasteiger partial charge in [-0.05, 0) is 19.3 Å². The summed E-state index contributed by atoms with van der Waals surface area (Å²) in [5.41, 5.74) is 0. The van der Waals surface area contributed by atoms with Gasteiger partial charge in [-0.2, -0.15) is 0 Å². The summed E-state index contributed by atoms with van der Waals surface area (Å²) in [5.74, 6) is -0.236. The Morgan fingerprint density at radius 3 is 1.15 bits per heavy atom. The Hall–Kier alpha value is -1.27. The first-order valence-corrected chi connectivity index (χ1v) is 33.9. The Morgan fingerprint density at radius 2 is 0.775 bits per heavy atom. The van der Waals surface area contributed by atoms with Crippen LogP contribution in [0.3, 0.4) is 0 Å². The summed E-state index contributed by atoms with van der Waals surface area (Å²) < 4.78 is 22.7. The number of aliphatic hydroxyl groups excluding tert-OH is 8. The van der Waals surface area contributed by atoms with E-state index in [9.17, 15) is 45.6 Å². The van der Waals surface area contributed by atoms with Gasteiger partial charge in [0.05, 0.1) is 32.0 Å². The minimum Gasteiger partial charge on any atom is -0.394 e. The third kappa shape index (κ3) is 36.5. The van der Waals surface area contributed by atoms with Crippen molar-refractivity contribution in [3.63, 3.8) is 0 Å². The number of unbranched alkanes of at least 4 members (excludes halogenated alkanes) is 43. The van der Waals surface area contributed by atoms with E-state index in [4.69, 9.17) is 18.9 Å². The number of nitrogens with one attached hydrogen (secondary N) is 1. The number of allylic oxidation sites excluding steroid dienone is 1. The fourth-order valence-corrected chi connectivity index (χ4v) is 11.5. The molecule has 2 rings (SSSR count). The molecule has 80 heavy (non-hydrogen) atoms. The molecule has 14 heteroatoms. The Bertz CT molecular complexity index is 1390. The maximum atomic E-state index is 13.2. The first-order valence-electron chi connectivity index (χ1n) is 33.9. The van der Waals surface area contributed by atoms with Crippen LogP contribution in [0.15, 0.2) is 12.2 Å². The fraction of sp³-hybridized carbons (Fsp3) is 0.955. The van der Waals surface area contributed by atoms with Crippen LogP contribution in [0, 0.1) is 0 Å². The minimum atomic E-state index is -1.78. The second-order valence-electron chi connectivity index (χ2n) is 24.3.